The van der Waals surface area contributed by atoms with Gasteiger partial charge in [-0.1, -0.05) is 0 Å². The van der Waals surface area contributed by atoms with Crippen molar-refractivity contribution in [2.75, 3.05) is 7.11 Å². The van der Waals surface area contributed by atoms with Gasteiger partial charge in [0, 0.05) is 6.20 Å². The van der Waals surface area contributed by atoms with Crippen molar-refractivity contribution in [3.8, 4) is 11.9 Å². The van der Waals surface area contributed by atoms with Gasteiger partial charge in [0.25, 0.3) is 0 Å². The number of hydrogen-bond donors (Lipinski definition) is 1. The fourth-order valence-corrected chi connectivity index (χ4v) is 1.13. The van der Waals surface area contributed by atoms with E-state index in [1.165, 1.54) is 19.4 Å². The first-order chi connectivity index (χ1) is 6.19. The lowest BCUT2D eigenvalue weighted by Gasteiger charge is -2.01. The van der Waals surface area contributed by atoms with Crippen molar-refractivity contribution in [3.63, 3.8) is 0 Å². The Morgan fingerprint density at radius 2 is 2.46 bits per heavy atom. The molecule has 1 aromatic heterocycles. The molecule has 0 spiro atoms. The highest BCUT2D eigenvalue weighted by Crippen LogP contribution is 2.16. The van der Waals surface area contributed by atoms with Gasteiger partial charge in [0.15, 0.2) is 11.1 Å². The van der Waals surface area contributed by atoms with Crippen LogP contribution < -0.4 is 4.74 Å². The van der Waals surface area contributed by atoms with Crippen molar-refractivity contribution in [1.82, 2.24) is 4.98 Å². The Morgan fingerprint density at radius 1 is 1.77 bits per heavy atom. The zero-order valence-electron chi connectivity index (χ0n) is 6.72. The molecule has 0 radical (unpaired) electrons. The van der Waals surface area contributed by atoms with E-state index in [0.29, 0.717) is 0 Å². The Balaban J connectivity index is 3.23. The van der Waals surface area contributed by atoms with Crippen molar-refractivity contribution >= 4 is 11.1 Å². The number of hydrogen-bond acceptors (Lipinski definition) is 4. The molecule has 0 aliphatic heterocycles. The van der Waals surface area contributed by atoms with Crippen LogP contribution in [0.3, 0.4) is 0 Å². The van der Waals surface area contributed by atoms with Crippen LogP contribution in [0, 0.1) is 11.3 Å². The second kappa shape index (κ2) is 3.98. The number of rotatable bonds is 2. The average Bonchev–Trinajstić information content (AvgIpc) is 2.16. The van der Waals surface area contributed by atoms with Gasteiger partial charge in [-0.15, -0.1) is 0 Å². The van der Waals surface area contributed by atoms with Gasteiger partial charge in [-0.2, -0.15) is 5.26 Å². The van der Waals surface area contributed by atoms with Crippen LogP contribution in [-0.2, 0) is 11.1 Å². The van der Waals surface area contributed by atoms with Crippen molar-refractivity contribution in [3.05, 3.63) is 17.8 Å². The predicted molar refractivity (Wildman–Crippen MR) is 44.5 cm³/mol. The van der Waals surface area contributed by atoms with E-state index in [1.54, 1.807) is 0 Å². The molecule has 68 valence electrons. The van der Waals surface area contributed by atoms with Crippen LogP contribution in [0.2, 0.25) is 0 Å². The molecule has 1 unspecified atom stereocenters. The third-order valence-corrected chi connectivity index (χ3v) is 1.97. The van der Waals surface area contributed by atoms with Crippen molar-refractivity contribution in [2.24, 2.45) is 0 Å². The lowest BCUT2D eigenvalue weighted by atomic mass is 10.3. The van der Waals surface area contributed by atoms with E-state index in [4.69, 9.17) is 14.6 Å². The molecular formula is C7H6N2O3S. The van der Waals surface area contributed by atoms with E-state index >= 15 is 0 Å². The van der Waals surface area contributed by atoms with Crippen LogP contribution >= 0.6 is 0 Å². The second-order valence-corrected chi connectivity index (χ2v) is 3.06. The second-order valence-electron chi connectivity index (χ2n) is 2.09. The van der Waals surface area contributed by atoms with Crippen molar-refractivity contribution < 1.29 is 13.5 Å². The molecule has 1 N–H and O–H groups in total. The molecule has 13 heavy (non-hydrogen) atoms. The molecule has 0 bridgehead atoms. The van der Waals surface area contributed by atoms with Gasteiger partial charge in [-0.05, 0) is 6.07 Å². The maximum Gasteiger partial charge on any atom is 0.231 e. The van der Waals surface area contributed by atoms with E-state index in [-0.39, 0.29) is 16.3 Å². The quantitative estimate of drug-likeness (QED) is 0.701. The first kappa shape index (κ1) is 9.64. The Bertz CT molecular complexity index is 386. The van der Waals surface area contributed by atoms with Crippen molar-refractivity contribution in [1.29, 1.82) is 5.26 Å². The summed E-state index contributed by atoms with van der Waals surface area (Å²) in [5.41, 5.74) is 0.141. The van der Waals surface area contributed by atoms with Gasteiger partial charge in [-0.25, -0.2) is 9.19 Å². The van der Waals surface area contributed by atoms with Gasteiger partial charge < -0.3 is 9.29 Å². The highest BCUT2D eigenvalue weighted by Gasteiger charge is 2.07. The van der Waals surface area contributed by atoms with Crippen LogP contribution in [0.5, 0.6) is 5.88 Å². The molecule has 1 aromatic rings. The largest absolute Gasteiger partial charge is 0.480 e. The summed E-state index contributed by atoms with van der Waals surface area (Å²) in [6, 6.07) is 3.07. The number of pyridine rings is 1. The number of ether oxygens (including phenoxy) is 1. The van der Waals surface area contributed by atoms with E-state index in [2.05, 4.69) is 4.98 Å². The van der Waals surface area contributed by atoms with Crippen LogP contribution in [0.15, 0.2) is 17.2 Å². The Hall–Kier alpha value is -1.45. The number of aromatic nitrogens is 1. The minimum atomic E-state index is -2.12. The van der Waals surface area contributed by atoms with E-state index in [0.717, 1.165) is 0 Å². The molecule has 0 aromatic carbocycles. The fourth-order valence-electron chi connectivity index (χ4n) is 0.771. The van der Waals surface area contributed by atoms with Gasteiger partial charge in [0.2, 0.25) is 5.88 Å². The molecule has 0 amide bonds. The number of methoxy groups -OCH3 is 1. The molecule has 6 heteroatoms. The molecule has 1 rings (SSSR count). The molecule has 1 heterocycles. The summed E-state index contributed by atoms with van der Waals surface area (Å²) in [6.45, 7) is 0. The molecule has 0 aliphatic rings. The molecule has 1 atom stereocenters. The van der Waals surface area contributed by atoms with Gasteiger partial charge >= 0.3 is 0 Å². The first-order valence-corrected chi connectivity index (χ1v) is 4.34. The monoisotopic (exact) mass is 198 g/mol. The summed E-state index contributed by atoms with van der Waals surface area (Å²) in [4.78, 5) is 3.77. The summed E-state index contributed by atoms with van der Waals surface area (Å²) in [5, 5.41) is 8.61. The highest BCUT2D eigenvalue weighted by molar-refractivity contribution is 7.79. The van der Waals surface area contributed by atoms with E-state index in [9.17, 15) is 4.21 Å². The zero-order chi connectivity index (χ0) is 9.84. The van der Waals surface area contributed by atoms with Gasteiger partial charge in [-0.3, -0.25) is 0 Å². The third-order valence-electron chi connectivity index (χ3n) is 1.34. The topological polar surface area (TPSA) is 83.2 Å². The standard InChI is InChI=1S/C7H6N2O3S/c1-12-7-5(3-8)2-6(4-9-7)13(10)11/h2,4H,1H3,(H,10,11). The van der Waals surface area contributed by atoms with Crippen LogP contribution in [0.1, 0.15) is 5.56 Å². The molecule has 5 nitrogen and oxygen atoms in total. The van der Waals surface area contributed by atoms with Crippen LogP contribution in [0.25, 0.3) is 0 Å². The molecular weight excluding hydrogens is 192 g/mol. The average molecular weight is 198 g/mol. The smallest absolute Gasteiger partial charge is 0.231 e. The first-order valence-electron chi connectivity index (χ1n) is 3.24. The molecule has 0 aliphatic carbocycles. The van der Waals surface area contributed by atoms with Crippen LogP contribution in [0.4, 0.5) is 0 Å². The summed E-state index contributed by atoms with van der Waals surface area (Å²) < 4.78 is 24.0. The highest BCUT2D eigenvalue weighted by atomic mass is 32.2. The summed E-state index contributed by atoms with van der Waals surface area (Å²) in [6.07, 6.45) is 1.19. The normalized spacial score (nSPS) is 11.8. The summed E-state index contributed by atoms with van der Waals surface area (Å²) >= 11 is -2.12. The Morgan fingerprint density at radius 3 is 2.92 bits per heavy atom. The van der Waals surface area contributed by atoms with Gasteiger partial charge in [0.1, 0.15) is 11.6 Å². The molecule has 0 saturated heterocycles. The predicted octanol–water partition coefficient (Wildman–Crippen LogP) is 0.542. The minimum absolute atomic E-state index is 0.0809. The Kier molecular flexibility index (Phi) is 2.95. The summed E-state index contributed by atoms with van der Waals surface area (Å²) in [7, 11) is 1.37. The fraction of sp³-hybridized carbons (Fsp3) is 0.143. The lowest BCUT2D eigenvalue weighted by Crippen LogP contribution is -1.96. The number of nitriles is 1. The molecule has 0 fully saturated rings. The maximum atomic E-state index is 10.6. The summed E-state index contributed by atoms with van der Waals surface area (Å²) in [5.74, 6) is 0.150. The van der Waals surface area contributed by atoms with Crippen LogP contribution in [-0.4, -0.2) is 20.9 Å². The van der Waals surface area contributed by atoms with E-state index < -0.39 is 11.1 Å². The minimum Gasteiger partial charge on any atom is -0.480 e. The Labute approximate surface area is 77.3 Å². The zero-order valence-corrected chi connectivity index (χ0v) is 7.54. The van der Waals surface area contributed by atoms with Crippen molar-refractivity contribution in [2.45, 2.75) is 4.90 Å². The third kappa shape index (κ3) is 2.02. The maximum absolute atomic E-state index is 10.6. The lowest BCUT2D eigenvalue weighted by molar-refractivity contribution is 0.395. The SMILES string of the molecule is COc1ncc(S(=O)O)cc1C#N. The van der Waals surface area contributed by atoms with E-state index in [1.807, 2.05) is 6.07 Å². The number of nitrogens with zero attached hydrogens (tertiary/aromatic N) is 2. The van der Waals surface area contributed by atoms with Gasteiger partial charge in [0.05, 0.1) is 12.0 Å². The molecule has 0 saturated carbocycles.